The van der Waals surface area contributed by atoms with Crippen molar-refractivity contribution >= 4 is 5.82 Å². The second-order valence-corrected chi connectivity index (χ2v) is 5.19. The first-order valence-corrected chi connectivity index (χ1v) is 7.25. The molecule has 0 unspecified atom stereocenters. The predicted octanol–water partition coefficient (Wildman–Crippen LogP) is 4.06. The van der Waals surface area contributed by atoms with Crippen LogP contribution in [0.15, 0.2) is 18.2 Å². The van der Waals surface area contributed by atoms with Crippen molar-refractivity contribution in [1.82, 2.24) is 9.97 Å². The normalized spacial score (nSPS) is 10.7. The van der Waals surface area contributed by atoms with Crippen molar-refractivity contribution in [1.29, 1.82) is 0 Å². The quantitative estimate of drug-likeness (QED) is 0.909. The van der Waals surface area contributed by atoms with Gasteiger partial charge in [-0.2, -0.15) is 0 Å². The first kappa shape index (κ1) is 14.5. The molecule has 0 fully saturated rings. The molecule has 3 heteroatoms. The molecule has 2 rings (SSSR count). The summed E-state index contributed by atoms with van der Waals surface area (Å²) in [6.07, 6.45) is 0.843. The standard InChI is InChI=1S/C17H23N3/c1-6-16-19-15(10-17(20-16)18-7-2)14-9-12(4)11(3)8-13(14)5/h8-10H,6-7H2,1-5H3,(H,18,19,20). The summed E-state index contributed by atoms with van der Waals surface area (Å²) < 4.78 is 0. The lowest BCUT2D eigenvalue weighted by Crippen LogP contribution is -2.04. The van der Waals surface area contributed by atoms with E-state index in [2.05, 4.69) is 62.0 Å². The highest BCUT2D eigenvalue weighted by atomic mass is 15.0. The van der Waals surface area contributed by atoms with Crippen molar-refractivity contribution in [2.75, 3.05) is 11.9 Å². The fourth-order valence-corrected chi connectivity index (χ4v) is 2.30. The molecule has 1 aromatic heterocycles. The largest absolute Gasteiger partial charge is 0.370 e. The smallest absolute Gasteiger partial charge is 0.131 e. The number of aryl methyl sites for hydroxylation is 4. The molecule has 3 nitrogen and oxygen atoms in total. The Hall–Kier alpha value is -1.90. The molecule has 1 aromatic carbocycles. The van der Waals surface area contributed by atoms with Gasteiger partial charge in [0.1, 0.15) is 11.6 Å². The van der Waals surface area contributed by atoms with E-state index in [1.54, 1.807) is 0 Å². The van der Waals surface area contributed by atoms with E-state index in [-0.39, 0.29) is 0 Å². The molecule has 0 atom stereocenters. The number of hydrogen-bond acceptors (Lipinski definition) is 3. The van der Waals surface area contributed by atoms with Gasteiger partial charge in [-0.15, -0.1) is 0 Å². The molecule has 0 aliphatic rings. The Morgan fingerprint density at radius 1 is 0.900 bits per heavy atom. The van der Waals surface area contributed by atoms with Gasteiger partial charge in [0.05, 0.1) is 5.69 Å². The average molecular weight is 269 g/mol. The summed E-state index contributed by atoms with van der Waals surface area (Å²) in [7, 11) is 0. The summed E-state index contributed by atoms with van der Waals surface area (Å²) in [6, 6.07) is 6.49. The molecular formula is C17H23N3. The van der Waals surface area contributed by atoms with E-state index in [1.807, 2.05) is 6.07 Å². The van der Waals surface area contributed by atoms with Gasteiger partial charge in [0.25, 0.3) is 0 Å². The Labute approximate surface area is 121 Å². The Morgan fingerprint density at radius 3 is 2.25 bits per heavy atom. The summed E-state index contributed by atoms with van der Waals surface area (Å²) in [6.45, 7) is 11.5. The van der Waals surface area contributed by atoms with Crippen molar-refractivity contribution in [2.24, 2.45) is 0 Å². The zero-order valence-electron chi connectivity index (χ0n) is 13.0. The van der Waals surface area contributed by atoms with Crippen molar-refractivity contribution in [3.63, 3.8) is 0 Å². The number of anilines is 1. The van der Waals surface area contributed by atoms with Crippen molar-refractivity contribution in [3.8, 4) is 11.3 Å². The first-order valence-electron chi connectivity index (χ1n) is 7.25. The molecule has 106 valence electrons. The van der Waals surface area contributed by atoms with Crippen LogP contribution in [0.4, 0.5) is 5.82 Å². The van der Waals surface area contributed by atoms with Crippen LogP contribution in [-0.2, 0) is 6.42 Å². The van der Waals surface area contributed by atoms with Crippen LogP contribution < -0.4 is 5.32 Å². The van der Waals surface area contributed by atoms with Gasteiger partial charge in [-0.1, -0.05) is 13.0 Å². The van der Waals surface area contributed by atoms with Gasteiger partial charge in [-0.05, 0) is 50.5 Å². The zero-order chi connectivity index (χ0) is 14.7. The number of nitrogens with one attached hydrogen (secondary N) is 1. The summed E-state index contributed by atoms with van der Waals surface area (Å²) >= 11 is 0. The van der Waals surface area contributed by atoms with Crippen LogP contribution in [0.1, 0.15) is 36.4 Å². The minimum absolute atomic E-state index is 0.843. The maximum Gasteiger partial charge on any atom is 0.131 e. The average Bonchev–Trinajstić information content (AvgIpc) is 2.42. The highest BCUT2D eigenvalue weighted by Crippen LogP contribution is 2.26. The van der Waals surface area contributed by atoms with Gasteiger partial charge in [0, 0.05) is 24.6 Å². The van der Waals surface area contributed by atoms with Crippen molar-refractivity contribution in [2.45, 2.75) is 41.0 Å². The molecule has 20 heavy (non-hydrogen) atoms. The van der Waals surface area contributed by atoms with Crippen LogP contribution in [0.3, 0.4) is 0 Å². The molecule has 0 bridgehead atoms. The maximum atomic E-state index is 4.68. The number of hydrogen-bond donors (Lipinski definition) is 1. The molecule has 0 amide bonds. The van der Waals surface area contributed by atoms with Gasteiger partial charge < -0.3 is 5.32 Å². The third-order valence-electron chi connectivity index (χ3n) is 3.56. The summed E-state index contributed by atoms with van der Waals surface area (Å²) in [5, 5.41) is 3.29. The van der Waals surface area contributed by atoms with Gasteiger partial charge in [0.15, 0.2) is 0 Å². The highest BCUT2D eigenvalue weighted by molar-refractivity contribution is 5.67. The van der Waals surface area contributed by atoms with E-state index >= 15 is 0 Å². The lowest BCUT2D eigenvalue weighted by Gasteiger charge is -2.12. The van der Waals surface area contributed by atoms with E-state index in [0.717, 1.165) is 30.3 Å². The fourth-order valence-electron chi connectivity index (χ4n) is 2.30. The minimum Gasteiger partial charge on any atom is -0.370 e. The zero-order valence-corrected chi connectivity index (χ0v) is 13.0. The van der Waals surface area contributed by atoms with E-state index in [9.17, 15) is 0 Å². The van der Waals surface area contributed by atoms with Crippen LogP contribution in [0.2, 0.25) is 0 Å². The predicted molar refractivity (Wildman–Crippen MR) is 85.2 cm³/mol. The molecule has 2 aromatic rings. The lowest BCUT2D eigenvalue weighted by atomic mass is 9.98. The molecule has 0 spiro atoms. The number of rotatable bonds is 4. The first-order chi connectivity index (χ1) is 9.55. The van der Waals surface area contributed by atoms with E-state index in [0.29, 0.717) is 0 Å². The second kappa shape index (κ2) is 6.04. The van der Waals surface area contributed by atoms with Gasteiger partial charge >= 0.3 is 0 Å². The molecule has 1 N–H and O–H groups in total. The highest BCUT2D eigenvalue weighted by Gasteiger charge is 2.09. The van der Waals surface area contributed by atoms with Crippen molar-refractivity contribution < 1.29 is 0 Å². The molecular weight excluding hydrogens is 246 g/mol. The summed E-state index contributed by atoms with van der Waals surface area (Å²) in [5.41, 5.74) is 6.09. The minimum atomic E-state index is 0.843. The third kappa shape index (κ3) is 2.98. The van der Waals surface area contributed by atoms with Crippen LogP contribution in [0.5, 0.6) is 0 Å². The summed E-state index contributed by atoms with van der Waals surface area (Å²) in [5.74, 6) is 1.79. The Kier molecular flexibility index (Phi) is 4.38. The number of nitrogens with zero attached hydrogens (tertiary/aromatic N) is 2. The van der Waals surface area contributed by atoms with E-state index in [1.165, 1.54) is 22.3 Å². The Bertz CT molecular complexity index is 618. The summed E-state index contributed by atoms with van der Waals surface area (Å²) in [4.78, 5) is 9.20. The Balaban J connectivity index is 2.56. The number of benzene rings is 1. The molecule has 0 saturated heterocycles. The second-order valence-electron chi connectivity index (χ2n) is 5.19. The van der Waals surface area contributed by atoms with Gasteiger partial charge in [0.2, 0.25) is 0 Å². The van der Waals surface area contributed by atoms with Gasteiger partial charge in [-0.25, -0.2) is 9.97 Å². The van der Waals surface area contributed by atoms with E-state index < -0.39 is 0 Å². The maximum absolute atomic E-state index is 4.68. The molecule has 1 heterocycles. The van der Waals surface area contributed by atoms with Crippen LogP contribution in [0.25, 0.3) is 11.3 Å². The Morgan fingerprint density at radius 2 is 1.60 bits per heavy atom. The topological polar surface area (TPSA) is 37.8 Å². The molecule has 0 aliphatic carbocycles. The van der Waals surface area contributed by atoms with Gasteiger partial charge in [-0.3, -0.25) is 0 Å². The number of aromatic nitrogens is 2. The van der Waals surface area contributed by atoms with Crippen LogP contribution in [-0.4, -0.2) is 16.5 Å². The third-order valence-corrected chi connectivity index (χ3v) is 3.56. The SMILES string of the molecule is CCNc1cc(-c2cc(C)c(C)cc2C)nc(CC)n1. The van der Waals surface area contributed by atoms with Crippen LogP contribution in [0, 0.1) is 20.8 Å². The molecule has 0 aliphatic heterocycles. The monoisotopic (exact) mass is 269 g/mol. The van der Waals surface area contributed by atoms with E-state index in [4.69, 9.17) is 0 Å². The molecule has 0 radical (unpaired) electrons. The van der Waals surface area contributed by atoms with Crippen LogP contribution >= 0.6 is 0 Å². The fraction of sp³-hybridized carbons (Fsp3) is 0.412. The molecule has 0 saturated carbocycles. The lowest BCUT2D eigenvalue weighted by molar-refractivity contribution is 0.939. The van der Waals surface area contributed by atoms with Crippen molar-refractivity contribution in [3.05, 3.63) is 40.7 Å².